The van der Waals surface area contributed by atoms with Crippen molar-refractivity contribution < 1.29 is 19.1 Å². The molecule has 0 atom stereocenters. The molecule has 4 heteroatoms. The number of methoxy groups -OCH3 is 1. The minimum absolute atomic E-state index is 0.102. The molecule has 0 N–H and O–H groups in total. The molecule has 0 spiro atoms. The third-order valence-electron chi connectivity index (χ3n) is 0.838. The molecule has 0 rings (SSSR count). The van der Waals surface area contributed by atoms with Crippen molar-refractivity contribution in [3.8, 4) is 0 Å². The highest BCUT2D eigenvalue weighted by atomic mass is 16.5. The first-order valence-electron chi connectivity index (χ1n) is 3.04. The maximum atomic E-state index is 10.4. The van der Waals surface area contributed by atoms with Crippen molar-refractivity contribution in [2.75, 3.05) is 13.7 Å². The molecule has 4 nitrogen and oxygen atoms in total. The predicted molar refractivity (Wildman–Crippen MR) is 37.8 cm³/mol. The van der Waals surface area contributed by atoms with E-state index >= 15 is 0 Å². The van der Waals surface area contributed by atoms with E-state index in [1.54, 1.807) is 0 Å². The fourth-order valence-corrected chi connectivity index (χ4v) is 0.378. The topological polar surface area (TPSA) is 52.6 Å². The molecule has 0 heterocycles. The zero-order valence-electron chi connectivity index (χ0n) is 6.49. The molecule has 62 valence electrons. The molecule has 0 amide bonds. The Morgan fingerprint density at radius 3 is 2.55 bits per heavy atom. The van der Waals surface area contributed by atoms with Crippen LogP contribution in [-0.2, 0) is 19.1 Å². The molecule has 0 bridgehead atoms. The third kappa shape index (κ3) is 6.57. The second kappa shape index (κ2) is 5.46. The lowest BCUT2D eigenvalue weighted by molar-refractivity contribution is -0.140. The molecule has 0 aromatic carbocycles. The van der Waals surface area contributed by atoms with Crippen LogP contribution in [0.2, 0.25) is 0 Å². The number of rotatable bonds is 3. The van der Waals surface area contributed by atoms with Gasteiger partial charge in [0, 0.05) is 13.0 Å². The predicted octanol–water partition coefficient (Wildman–Crippen LogP) is 0.279. The van der Waals surface area contributed by atoms with Crippen LogP contribution in [0.3, 0.4) is 0 Å². The van der Waals surface area contributed by atoms with Gasteiger partial charge in [-0.3, -0.25) is 4.79 Å². The fraction of sp³-hybridized carbons (Fsp3) is 0.429. The summed E-state index contributed by atoms with van der Waals surface area (Å²) in [6.07, 6.45) is 2.61. The average Bonchev–Trinajstić information content (AvgIpc) is 1.97. The summed E-state index contributed by atoms with van der Waals surface area (Å²) in [5, 5.41) is 0. The molecule has 0 aliphatic carbocycles. The van der Waals surface area contributed by atoms with Gasteiger partial charge in [0.2, 0.25) is 0 Å². The Balaban J connectivity index is 3.45. The summed E-state index contributed by atoms with van der Waals surface area (Å²) in [5.41, 5.74) is 0. The average molecular weight is 158 g/mol. The van der Waals surface area contributed by atoms with E-state index in [0.29, 0.717) is 0 Å². The zero-order chi connectivity index (χ0) is 8.69. The summed E-state index contributed by atoms with van der Waals surface area (Å²) in [6.45, 7) is 1.40. The van der Waals surface area contributed by atoms with Crippen LogP contribution in [0, 0.1) is 0 Å². The maximum absolute atomic E-state index is 10.4. The Labute approximate surface area is 64.8 Å². The minimum Gasteiger partial charge on any atom is -0.466 e. The van der Waals surface area contributed by atoms with Crippen LogP contribution in [0.4, 0.5) is 0 Å². The van der Waals surface area contributed by atoms with Gasteiger partial charge in [-0.25, -0.2) is 4.79 Å². The van der Waals surface area contributed by atoms with Gasteiger partial charge in [-0.2, -0.15) is 0 Å². The van der Waals surface area contributed by atoms with E-state index in [1.165, 1.54) is 26.2 Å². The van der Waals surface area contributed by atoms with E-state index in [0.717, 1.165) is 0 Å². The number of hydrogen-bond acceptors (Lipinski definition) is 4. The highest BCUT2D eigenvalue weighted by Crippen LogP contribution is 1.81. The normalized spacial score (nSPS) is 9.64. The fourth-order valence-electron chi connectivity index (χ4n) is 0.378. The summed E-state index contributed by atoms with van der Waals surface area (Å²) in [7, 11) is 1.28. The molecule has 0 radical (unpaired) electrons. The lowest BCUT2D eigenvalue weighted by Gasteiger charge is -1.93. The third-order valence-corrected chi connectivity index (χ3v) is 0.838. The van der Waals surface area contributed by atoms with E-state index in [4.69, 9.17) is 0 Å². The maximum Gasteiger partial charge on any atom is 0.330 e. The van der Waals surface area contributed by atoms with E-state index in [2.05, 4.69) is 9.47 Å². The van der Waals surface area contributed by atoms with Crippen molar-refractivity contribution in [3.63, 3.8) is 0 Å². The Morgan fingerprint density at radius 2 is 2.09 bits per heavy atom. The lowest BCUT2D eigenvalue weighted by atomic mass is 10.5. The van der Waals surface area contributed by atoms with Crippen molar-refractivity contribution in [2.24, 2.45) is 0 Å². The number of ether oxygens (including phenoxy) is 2. The van der Waals surface area contributed by atoms with Crippen LogP contribution in [0.1, 0.15) is 6.92 Å². The van der Waals surface area contributed by atoms with Gasteiger partial charge in [-0.1, -0.05) is 0 Å². The van der Waals surface area contributed by atoms with Crippen LogP contribution in [0.15, 0.2) is 12.2 Å². The first kappa shape index (κ1) is 9.68. The van der Waals surface area contributed by atoms with Crippen LogP contribution < -0.4 is 0 Å². The summed E-state index contributed by atoms with van der Waals surface area (Å²) >= 11 is 0. The molecule has 0 fully saturated rings. The van der Waals surface area contributed by atoms with Crippen molar-refractivity contribution in [2.45, 2.75) is 6.92 Å². The molecule has 11 heavy (non-hydrogen) atoms. The first-order valence-corrected chi connectivity index (χ1v) is 3.04. The van der Waals surface area contributed by atoms with E-state index in [9.17, 15) is 9.59 Å². The number of carbonyl (C=O) groups is 2. The Bertz CT molecular complexity index is 171. The van der Waals surface area contributed by atoms with Crippen LogP contribution in [0.25, 0.3) is 0 Å². The Morgan fingerprint density at radius 1 is 1.45 bits per heavy atom. The van der Waals surface area contributed by atoms with Crippen molar-refractivity contribution >= 4 is 11.9 Å². The van der Waals surface area contributed by atoms with Gasteiger partial charge in [0.15, 0.2) is 0 Å². The molecular formula is C7H10O4. The molecule has 0 aromatic heterocycles. The van der Waals surface area contributed by atoms with Crippen LogP contribution in [0.5, 0.6) is 0 Å². The van der Waals surface area contributed by atoms with Crippen LogP contribution >= 0.6 is 0 Å². The lowest BCUT2D eigenvalue weighted by Crippen LogP contribution is -1.99. The Hall–Kier alpha value is -1.32. The summed E-state index contributed by atoms with van der Waals surface area (Å²) in [4.78, 5) is 20.6. The number of hydrogen-bond donors (Lipinski definition) is 0. The van der Waals surface area contributed by atoms with Gasteiger partial charge < -0.3 is 9.47 Å². The minimum atomic E-state index is -0.461. The summed E-state index contributed by atoms with van der Waals surface area (Å²) in [5.74, 6) is -0.836. The monoisotopic (exact) mass is 158 g/mol. The largest absolute Gasteiger partial charge is 0.466 e. The second-order valence-corrected chi connectivity index (χ2v) is 1.73. The molecule has 0 aromatic rings. The van der Waals surface area contributed by atoms with Gasteiger partial charge in [0.25, 0.3) is 0 Å². The van der Waals surface area contributed by atoms with E-state index < -0.39 is 5.97 Å². The highest BCUT2D eigenvalue weighted by Gasteiger charge is 1.90. The van der Waals surface area contributed by atoms with Gasteiger partial charge >= 0.3 is 11.9 Å². The van der Waals surface area contributed by atoms with Crippen molar-refractivity contribution in [1.82, 2.24) is 0 Å². The van der Waals surface area contributed by atoms with Crippen LogP contribution in [-0.4, -0.2) is 25.7 Å². The Kier molecular flexibility index (Phi) is 4.81. The van der Waals surface area contributed by atoms with Gasteiger partial charge in [-0.15, -0.1) is 0 Å². The van der Waals surface area contributed by atoms with E-state index in [1.807, 2.05) is 0 Å². The molecule has 0 aliphatic heterocycles. The van der Waals surface area contributed by atoms with Gasteiger partial charge in [0.1, 0.15) is 6.61 Å². The zero-order valence-corrected chi connectivity index (χ0v) is 6.49. The SMILES string of the molecule is COC(=O)C=CCOC(C)=O. The summed E-state index contributed by atoms with van der Waals surface area (Å²) < 4.78 is 8.79. The summed E-state index contributed by atoms with van der Waals surface area (Å²) in [6, 6.07) is 0. The van der Waals surface area contributed by atoms with Crippen molar-refractivity contribution in [3.05, 3.63) is 12.2 Å². The molecule has 0 saturated carbocycles. The van der Waals surface area contributed by atoms with Crippen molar-refractivity contribution in [1.29, 1.82) is 0 Å². The molecule has 0 aliphatic rings. The highest BCUT2D eigenvalue weighted by molar-refractivity contribution is 5.81. The smallest absolute Gasteiger partial charge is 0.330 e. The molecule has 0 unspecified atom stereocenters. The van der Waals surface area contributed by atoms with Gasteiger partial charge in [0.05, 0.1) is 7.11 Å². The standard InChI is InChI=1S/C7H10O4/c1-6(8)11-5-3-4-7(9)10-2/h3-4H,5H2,1-2H3. The van der Waals surface area contributed by atoms with E-state index in [-0.39, 0.29) is 12.6 Å². The number of carbonyl (C=O) groups excluding carboxylic acids is 2. The number of esters is 2. The van der Waals surface area contributed by atoms with Gasteiger partial charge in [-0.05, 0) is 6.08 Å². The molecule has 0 saturated heterocycles. The first-order chi connectivity index (χ1) is 5.16. The molecular weight excluding hydrogens is 148 g/mol. The second-order valence-electron chi connectivity index (χ2n) is 1.73. The quantitative estimate of drug-likeness (QED) is 0.437.